The lowest BCUT2D eigenvalue weighted by molar-refractivity contribution is 0.0793. The van der Waals surface area contributed by atoms with Crippen LogP contribution in [0.25, 0.3) is 0 Å². The molecule has 5 heteroatoms. The zero-order valence-electron chi connectivity index (χ0n) is 10.1. The number of phenols is 1. The van der Waals surface area contributed by atoms with Gasteiger partial charge < -0.3 is 14.7 Å². The molecule has 1 unspecified atom stereocenters. The maximum Gasteiger partial charge on any atom is 0.257 e. The quantitative estimate of drug-likeness (QED) is 0.868. The first kappa shape index (κ1) is 13.8. The number of amides is 1. The number of ether oxygens (including phenoxy) is 1. The second-order valence-electron chi connectivity index (χ2n) is 3.82. The normalized spacial score (nSPS) is 12.0. The lowest BCUT2D eigenvalue weighted by Crippen LogP contribution is -2.31. The molecule has 1 aromatic carbocycles. The minimum Gasteiger partial charge on any atom is -0.504 e. The Morgan fingerprint density at radius 2 is 2.24 bits per heavy atom. The molecule has 0 aromatic heterocycles. The van der Waals surface area contributed by atoms with E-state index in [-0.39, 0.29) is 22.0 Å². The van der Waals surface area contributed by atoms with E-state index >= 15 is 0 Å². The molecule has 0 aliphatic rings. The molecule has 0 bridgehead atoms. The summed E-state index contributed by atoms with van der Waals surface area (Å²) in [5, 5.41) is 9.86. The third kappa shape index (κ3) is 3.36. The van der Waals surface area contributed by atoms with Crippen LogP contribution >= 0.6 is 15.9 Å². The number of methoxy groups -OCH3 is 1. The number of halogens is 1. The van der Waals surface area contributed by atoms with E-state index < -0.39 is 0 Å². The number of hydrogen-bond acceptors (Lipinski definition) is 3. The van der Waals surface area contributed by atoms with Crippen LogP contribution in [0.15, 0.2) is 18.2 Å². The molecule has 0 heterocycles. The summed E-state index contributed by atoms with van der Waals surface area (Å²) in [4.78, 5) is 13.8. The van der Waals surface area contributed by atoms with Crippen LogP contribution in [0.1, 0.15) is 17.3 Å². The summed E-state index contributed by atoms with van der Waals surface area (Å²) in [5.74, 6) is -0.0436. The lowest BCUT2D eigenvalue weighted by atomic mass is 10.1. The van der Waals surface area contributed by atoms with Gasteiger partial charge in [0.05, 0.1) is 12.7 Å². The van der Waals surface area contributed by atoms with Crippen molar-refractivity contribution < 1.29 is 14.6 Å². The van der Waals surface area contributed by atoms with Crippen molar-refractivity contribution in [2.24, 2.45) is 0 Å². The van der Waals surface area contributed by atoms with Gasteiger partial charge in [-0.05, 0) is 12.1 Å². The van der Waals surface area contributed by atoms with Gasteiger partial charge in [0.2, 0.25) is 0 Å². The van der Waals surface area contributed by atoms with Crippen molar-refractivity contribution in [3.8, 4) is 11.5 Å². The van der Waals surface area contributed by atoms with E-state index in [4.69, 9.17) is 4.74 Å². The molecule has 0 saturated heterocycles. The van der Waals surface area contributed by atoms with Crippen LogP contribution in [-0.2, 0) is 0 Å². The lowest BCUT2D eigenvalue weighted by Gasteiger charge is -2.19. The molecule has 17 heavy (non-hydrogen) atoms. The highest BCUT2D eigenvalue weighted by molar-refractivity contribution is 9.09. The van der Waals surface area contributed by atoms with Gasteiger partial charge in [-0.25, -0.2) is 0 Å². The van der Waals surface area contributed by atoms with E-state index in [0.717, 1.165) is 0 Å². The molecule has 0 spiro atoms. The number of phenolic OH excluding ortho intramolecular Hbond substituents is 1. The smallest absolute Gasteiger partial charge is 0.257 e. The molecule has 94 valence electrons. The van der Waals surface area contributed by atoms with Crippen LogP contribution in [0, 0.1) is 0 Å². The maximum atomic E-state index is 12.1. The first-order chi connectivity index (χ1) is 7.97. The standard InChI is InChI=1S/C12H16BrNO3/c1-8(13)7-14(2)12(16)9-5-4-6-10(17-3)11(9)15/h4-6,8,15H,7H2,1-3H3. The Balaban J connectivity index is 2.96. The van der Waals surface area contributed by atoms with Gasteiger partial charge in [-0.2, -0.15) is 0 Å². The maximum absolute atomic E-state index is 12.1. The van der Waals surface area contributed by atoms with Crippen molar-refractivity contribution in [2.75, 3.05) is 20.7 Å². The summed E-state index contributed by atoms with van der Waals surface area (Å²) in [6.07, 6.45) is 0. The molecule has 4 nitrogen and oxygen atoms in total. The topological polar surface area (TPSA) is 49.8 Å². The molecule has 1 atom stereocenters. The number of nitrogens with zero attached hydrogens (tertiary/aromatic N) is 1. The molecule has 1 amide bonds. The molecule has 1 N–H and O–H groups in total. The summed E-state index contributed by atoms with van der Waals surface area (Å²) >= 11 is 3.38. The van der Waals surface area contributed by atoms with Gasteiger partial charge in [-0.3, -0.25) is 4.79 Å². The summed E-state index contributed by atoms with van der Waals surface area (Å²) in [6, 6.07) is 4.87. The Hall–Kier alpha value is -1.23. The SMILES string of the molecule is COc1cccc(C(=O)N(C)CC(C)Br)c1O. The third-order valence-electron chi connectivity index (χ3n) is 2.32. The summed E-state index contributed by atoms with van der Waals surface area (Å²) in [5.41, 5.74) is 0.250. The van der Waals surface area contributed by atoms with E-state index in [1.807, 2.05) is 6.92 Å². The van der Waals surface area contributed by atoms with E-state index in [2.05, 4.69) is 15.9 Å². The second-order valence-corrected chi connectivity index (χ2v) is 5.39. The van der Waals surface area contributed by atoms with Gasteiger partial charge in [-0.1, -0.05) is 28.9 Å². The summed E-state index contributed by atoms with van der Waals surface area (Å²) < 4.78 is 4.97. The monoisotopic (exact) mass is 301 g/mol. The van der Waals surface area contributed by atoms with E-state index in [0.29, 0.717) is 12.3 Å². The van der Waals surface area contributed by atoms with Gasteiger partial charge in [0.1, 0.15) is 0 Å². The minimum absolute atomic E-state index is 0.117. The fraction of sp³-hybridized carbons (Fsp3) is 0.417. The second kappa shape index (κ2) is 5.91. The fourth-order valence-electron chi connectivity index (χ4n) is 1.53. The average Bonchev–Trinajstić information content (AvgIpc) is 2.27. The molecule has 0 saturated carbocycles. The van der Waals surface area contributed by atoms with Gasteiger partial charge in [0.25, 0.3) is 5.91 Å². The van der Waals surface area contributed by atoms with Crippen molar-refractivity contribution in [2.45, 2.75) is 11.8 Å². The summed E-state index contributed by atoms with van der Waals surface area (Å²) in [7, 11) is 3.15. The van der Waals surface area contributed by atoms with Gasteiger partial charge >= 0.3 is 0 Å². The predicted molar refractivity (Wildman–Crippen MR) is 70.0 cm³/mol. The highest BCUT2D eigenvalue weighted by Gasteiger charge is 2.18. The molecule has 0 aliphatic heterocycles. The molecular weight excluding hydrogens is 286 g/mol. The Bertz CT molecular complexity index is 407. The number of para-hydroxylation sites is 1. The van der Waals surface area contributed by atoms with Gasteiger partial charge in [0.15, 0.2) is 11.5 Å². The molecule has 0 radical (unpaired) electrons. The zero-order chi connectivity index (χ0) is 13.0. The number of hydrogen-bond donors (Lipinski definition) is 1. The van der Waals surface area contributed by atoms with Crippen molar-refractivity contribution in [1.29, 1.82) is 0 Å². The first-order valence-electron chi connectivity index (χ1n) is 5.22. The number of alkyl halides is 1. The van der Waals surface area contributed by atoms with Crippen LogP contribution < -0.4 is 4.74 Å². The van der Waals surface area contributed by atoms with Crippen molar-refractivity contribution in [3.05, 3.63) is 23.8 Å². The zero-order valence-corrected chi connectivity index (χ0v) is 11.7. The van der Waals surface area contributed by atoms with Crippen LogP contribution in [0.2, 0.25) is 0 Å². The van der Waals surface area contributed by atoms with Crippen LogP contribution in [0.4, 0.5) is 0 Å². The third-order valence-corrected chi connectivity index (χ3v) is 2.61. The van der Waals surface area contributed by atoms with Crippen LogP contribution in [0.5, 0.6) is 11.5 Å². The fourth-order valence-corrected chi connectivity index (χ4v) is 1.96. The number of carbonyl (C=O) groups excluding carboxylic acids is 1. The van der Waals surface area contributed by atoms with Gasteiger partial charge in [-0.15, -0.1) is 0 Å². The number of rotatable bonds is 4. The highest BCUT2D eigenvalue weighted by Crippen LogP contribution is 2.30. The van der Waals surface area contributed by atoms with E-state index in [1.165, 1.54) is 7.11 Å². The largest absolute Gasteiger partial charge is 0.504 e. The number of carbonyl (C=O) groups is 1. The Labute approximate surface area is 109 Å². The Morgan fingerprint density at radius 1 is 1.59 bits per heavy atom. The summed E-state index contributed by atoms with van der Waals surface area (Å²) in [6.45, 7) is 2.52. The predicted octanol–water partition coefficient (Wildman–Crippen LogP) is 2.26. The number of aromatic hydroxyl groups is 1. The molecule has 0 aliphatic carbocycles. The molecule has 1 rings (SSSR count). The van der Waals surface area contributed by atoms with Crippen molar-refractivity contribution >= 4 is 21.8 Å². The van der Waals surface area contributed by atoms with Crippen LogP contribution in [0.3, 0.4) is 0 Å². The van der Waals surface area contributed by atoms with Crippen LogP contribution in [-0.4, -0.2) is 41.4 Å². The van der Waals surface area contributed by atoms with Crippen molar-refractivity contribution in [3.63, 3.8) is 0 Å². The molecule has 0 fully saturated rings. The van der Waals surface area contributed by atoms with E-state index in [9.17, 15) is 9.90 Å². The Kier molecular flexibility index (Phi) is 4.81. The Morgan fingerprint density at radius 3 is 2.76 bits per heavy atom. The van der Waals surface area contributed by atoms with E-state index in [1.54, 1.807) is 30.1 Å². The average molecular weight is 302 g/mol. The van der Waals surface area contributed by atoms with Crippen molar-refractivity contribution in [1.82, 2.24) is 4.90 Å². The number of benzene rings is 1. The minimum atomic E-state index is -0.229. The molecular formula is C12H16BrNO3. The first-order valence-corrected chi connectivity index (χ1v) is 6.14. The molecule has 1 aromatic rings. The van der Waals surface area contributed by atoms with Gasteiger partial charge in [0, 0.05) is 18.4 Å². The highest BCUT2D eigenvalue weighted by atomic mass is 79.9.